The molecular weight excluding hydrogens is 474 g/mol. The maximum atomic E-state index is 13.2. The van der Waals surface area contributed by atoms with E-state index in [1.807, 2.05) is 42.5 Å². The maximum Gasteiger partial charge on any atom is 0.272 e. The molecule has 4 aromatic rings. The van der Waals surface area contributed by atoms with Crippen molar-refractivity contribution in [2.45, 2.75) is 0 Å². The van der Waals surface area contributed by atoms with Crippen molar-refractivity contribution in [3.8, 4) is 40.0 Å². The molecule has 37 heavy (non-hydrogen) atoms. The van der Waals surface area contributed by atoms with Crippen LogP contribution in [0.3, 0.4) is 0 Å². The number of methoxy groups -OCH3 is 3. The van der Waals surface area contributed by atoms with Crippen LogP contribution in [0.25, 0.3) is 22.2 Å². The summed E-state index contributed by atoms with van der Waals surface area (Å²) in [7, 11) is 4.64. The van der Waals surface area contributed by atoms with Crippen LogP contribution in [0.1, 0.15) is 15.9 Å². The molecule has 0 unspecified atom stereocenters. The van der Waals surface area contributed by atoms with Crippen molar-refractivity contribution in [3.63, 3.8) is 0 Å². The Labute approximate surface area is 213 Å². The molecule has 0 radical (unpaired) electrons. The summed E-state index contributed by atoms with van der Waals surface area (Å²) in [6, 6.07) is 18.2. The molecule has 1 aliphatic heterocycles. The van der Waals surface area contributed by atoms with Crippen LogP contribution in [0, 0.1) is 0 Å². The van der Waals surface area contributed by atoms with Gasteiger partial charge in [0.25, 0.3) is 5.91 Å². The van der Waals surface area contributed by atoms with E-state index in [0.29, 0.717) is 69.7 Å². The molecule has 0 atom stereocenters. The third-order valence-electron chi connectivity index (χ3n) is 5.87. The predicted octanol–water partition coefficient (Wildman–Crippen LogP) is 4.46. The third-order valence-corrected chi connectivity index (χ3v) is 5.87. The Hall–Kier alpha value is -4.79. The topological polar surface area (TPSA) is 101 Å². The molecule has 2 heterocycles. The molecule has 1 aromatic heterocycles. The predicted molar refractivity (Wildman–Crippen MR) is 139 cm³/mol. The van der Waals surface area contributed by atoms with Crippen molar-refractivity contribution in [1.29, 1.82) is 0 Å². The van der Waals surface area contributed by atoms with Gasteiger partial charge in [0, 0.05) is 10.9 Å². The monoisotopic (exact) mass is 499 g/mol. The van der Waals surface area contributed by atoms with Gasteiger partial charge in [-0.25, -0.2) is 10.4 Å². The summed E-state index contributed by atoms with van der Waals surface area (Å²) in [5.74, 6) is 2.41. The molecule has 9 heteroatoms. The number of fused-ring (bicyclic) bond motifs is 2. The van der Waals surface area contributed by atoms with E-state index in [0.717, 1.165) is 5.56 Å². The van der Waals surface area contributed by atoms with Crippen LogP contribution in [0.2, 0.25) is 0 Å². The standard InChI is InChI=1S/C28H25N3O6/c1-33-25-13-18(14-26(34-2)27(25)35-3)22-15-20(19-6-4-5-7-21(19)30-22)28(32)31-29-16-17-8-9-23-24(12-17)37-11-10-36-23/h4-9,12-16H,10-11H2,1-3H3,(H,31,32)/b29-16+. The first-order chi connectivity index (χ1) is 18.1. The molecule has 1 N–H and O–H groups in total. The fourth-order valence-corrected chi connectivity index (χ4v) is 4.11. The molecule has 0 fully saturated rings. The zero-order chi connectivity index (χ0) is 25.8. The van der Waals surface area contributed by atoms with Gasteiger partial charge in [-0.3, -0.25) is 4.79 Å². The fourth-order valence-electron chi connectivity index (χ4n) is 4.11. The van der Waals surface area contributed by atoms with E-state index >= 15 is 0 Å². The Kier molecular flexibility index (Phi) is 6.76. The molecule has 1 amide bonds. The molecule has 188 valence electrons. The Bertz CT molecular complexity index is 1480. The summed E-state index contributed by atoms with van der Waals surface area (Å²) in [5, 5.41) is 4.86. The number of rotatable bonds is 7. The number of carbonyl (C=O) groups is 1. The fraction of sp³-hybridized carbons (Fsp3) is 0.179. The van der Waals surface area contributed by atoms with E-state index in [1.54, 1.807) is 45.7 Å². The lowest BCUT2D eigenvalue weighted by molar-refractivity contribution is 0.0956. The second kappa shape index (κ2) is 10.4. The minimum atomic E-state index is -0.374. The number of carbonyl (C=O) groups excluding carboxylic acids is 1. The van der Waals surface area contributed by atoms with Crippen LogP contribution in [-0.4, -0.2) is 51.6 Å². The lowest BCUT2D eigenvalue weighted by Crippen LogP contribution is -2.18. The third kappa shape index (κ3) is 4.84. The van der Waals surface area contributed by atoms with Gasteiger partial charge in [0.2, 0.25) is 5.75 Å². The lowest BCUT2D eigenvalue weighted by atomic mass is 10.0. The number of hydrazone groups is 1. The molecule has 0 spiro atoms. The number of nitrogens with one attached hydrogen (secondary N) is 1. The normalized spacial score (nSPS) is 12.4. The molecule has 0 saturated carbocycles. The second-order valence-electron chi connectivity index (χ2n) is 8.09. The number of para-hydroxylation sites is 1. The van der Waals surface area contributed by atoms with Crippen molar-refractivity contribution in [1.82, 2.24) is 10.4 Å². The number of pyridine rings is 1. The van der Waals surface area contributed by atoms with E-state index in [-0.39, 0.29) is 5.91 Å². The number of hydrogen-bond acceptors (Lipinski definition) is 8. The van der Waals surface area contributed by atoms with Gasteiger partial charge in [-0.05, 0) is 48.0 Å². The van der Waals surface area contributed by atoms with Gasteiger partial charge in [0.1, 0.15) is 13.2 Å². The van der Waals surface area contributed by atoms with Crippen molar-refractivity contribution in [2.75, 3.05) is 34.5 Å². The van der Waals surface area contributed by atoms with Crippen LogP contribution >= 0.6 is 0 Å². The van der Waals surface area contributed by atoms with Gasteiger partial charge in [0.05, 0.1) is 44.3 Å². The molecule has 0 bridgehead atoms. The van der Waals surface area contributed by atoms with Crippen LogP contribution in [0.5, 0.6) is 28.7 Å². The molecule has 3 aromatic carbocycles. The van der Waals surface area contributed by atoms with E-state index < -0.39 is 0 Å². The summed E-state index contributed by atoms with van der Waals surface area (Å²) in [6.07, 6.45) is 1.56. The number of ether oxygens (including phenoxy) is 5. The lowest BCUT2D eigenvalue weighted by Gasteiger charge is -2.18. The Morgan fingerprint density at radius 1 is 0.919 bits per heavy atom. The minimum Gasteiger partial charge on any atom is -0.493 e. The van der Waals surface area contributed by atoms with Gasteiger partial charge >= 0.3 is 0 Å². The molecule has 9 nitrogen and oxygen atoms in total. The largest absolute Gasteiger partial charge is 0.493 e. The number of benzene rings is 3. The zero-order valence-electron chi connectivity index (χ0n) is 20.6. The highest BCUT2D eigenvalue weighted by molar-refractivity contribution is 6.07. The number of amides is 1. The van der Waals surface area contributed by atoms with Crippen LogP contribution in [-0.2, 0) is 0 Å². The highest BCUT2D eigenvalue weighted by Crippen LogP contribution is 2.41. The van der Waals surface area contributed by atoms with Crippen molar-refractivity contribution < 1.29 is 28.5 Å². The summed E-state index contributed by atoms with van der Waals surface area (Å²) in [4.78, 5) is 18.0. The van der Waals surface area contributed by atoms with E-state index in [4.69, 9.17) is 28.7 Å². The summed E-state index contributed by atoms with van der Waals surface area (Å²) >= 11 is 0. The van der Waals surface area contributed by atoms with E-state index in [1.165, 1.54) is 0 Å². The first kappa shape index (κ1) is 23.9. The Balaban J connectivity index is 1.48. The average molecular weight is 500 g/mol. The minimum absolute atomic E-state index is 0.374. The molecule has 1 aliphatic rings. The van der Waals surface area contributed by atoms with Gasteiger partial charge in [-0.1, -0.05) is 18.2 Å². The molecule has 5 rings (SSSR count). The Morgan fingerprint density at radius 3 is 2.38 bits per heavy atom. The van der Waals surface area contributed by atoms with Gasteiger partial charge < -0.3 is 23.7 Å². The first-order valence-corrected chi connectivity index (χ1v) is 11.5. The number of aromatic nitrogens is 1. The molecule has 0 aliphatic carbocycles. The van der Waals surface area contributed by atoms with Crippen LogP contribution < -0.4 is 29.1 Å². The van der Waals surface area contributed by atoms with Crippen molar-refractivity contribution in [2.24, 2.45) is 5.10 Å². The molecule has 0 saturated heterocycles. The van der Waals surface area contributed by atoms with Crippen LogP contribution in [0.4, 0.5) is 0 Å². The quantitative estimate of drug-likeness (QED) is 0.296. The first-order valence-electron chi connectivity index (χ1n) is 11.5. The maximum absolute atomic E-state index is 13.2. The van der Waals surface area contributed by atoms with E-state index in [2.05, 4.69) is 10.5 Å². The molecular formula is C28H25N3O6. The Morgan fingerprint density at radius 2 is 1.65 bits per heavy atom. The number of hydrogen-bond donors (Lipinski definition) is 1. The summed E-state index contributed by atoms with van der Waals surface area (Å²) in [5.41, 5.74) is 5.75. The summed E-state index contributed by atoms with van der Waals surface area (Å²) < 4.78 is 27.6. The highest BCUT2D eigenvalue weighted by atomic mass is 16.6. The second-order valence-corrected chi connectivity index (χ2v) is 8.09. The SMILES string of the molecule is COc1cc(-c2cc(C(=O)N/N=C/c3ccc4c(c3)OCCO4)c3ccccc3n2)cc(OC)c1OC. The van der Waals surface area contributed by atoms with Gasteiger partial charge in [-0.15, -0.1) is 0 Å². The van der Waals surface area contributed by atoms with Gasteiger partial charge in [-0.2, -0.15) is 5.10 Å². The summed E-state index contributed by atoms with van der Waals surface area (Å²) in [6.45, 7) is 1.02. The van der Waals surface area contributed by atoms with Crippen molar-refractivity contribution >= 4 is 23.0 Å². The average Bonchev–Trinajstić information content (AvgIpc) is 2.95. The van der Waals surface area contributed by atoms with Crippen LogP contribution in [0.15, 0.2) is 65.8 Å². The van der Waals surface area contributed by atoms with E-state index in [9.17, 15) is 4.79 Å². The number of nitrogens with zero attached hydrogens (tertiary/aromatic N) is 2. The van der Waals surface area contributed by atoms with Gasteiger partial charge in [0.15, 0.2) is 23.0 Å². The smallest absolute Gasteiger partial charge is 0.272 e. The zero-order valence-corrected chi connectivity index (χ0v) is 20.6. The van der Waals surface area contributed by atoms with Crippen molar-refractivity contribution in [3.05, 3.63) is 71.8 Å². The highest BCUT2D eigenvalue weighted by Gasteiger charge is 2.18.